The zero-order chi connectivity index (χ0) is 18.3. The molecule has 0 aromatic carbocycles. The fraction of sp³-hybridized carbons (Fsp3) is 0.450. The van der Waals surface area contributed by atoms with Crippen LogP contribution in [0.1, 0.15) is 40.4 Å². The van der Waals surface area contributed by atoms with Gasteiger partial charge in [0.1, 0.15) is 11.5 Å². The van der Waals surface area contributed by atoms with Crippen LogP contribution in [0.15, 0.2) is 34.9 Å². The second kappa shape index (κ2) is 6.59. The zero-order valence-corrected chi connectivity index (χ0v) is 15.1. The number of carbonyl (C=O) groups excluding carboxylic acids is 2. The summed E-state index contributed by atoms with van der Waals surface area (Å²) in [6, 6.07) is 7.57. The van der Waals surface area contributed by atoms with E-state index in [-0.39, 0.29) is 23.8 Å². The van der Waals surface area contributed by atoms with Gasteiger partial charge < -0.3 is 14.2 Å². The van der Waals surface area contributed by atoms with Crippen molar-refractivity contribution in [3.8, 4) is 0 Å². The van der Waals surface area contributed by atoms with Crippen molar-refractivity contribution in [2.24, 2.45) is 5.92 Å². The molecule has 5 rings (SSSR count). The number of pyridine rings is 1. The number of carbonyl (C=O) groups is 2. The van der Waals surface area contributed by atoms with Crippen molar-refractivity contribution < 1.29 is 14.0 Å². The SMILES string of the molecule is Cc1cc(C(=O)N2CC3CCC(C2)N(Cc2ccccn2)C3=O)c(C)o1. The molecule has 0 aliphatic carbocycles. The number of nitrogens with zero attached hydrogens (tertiary/aromatic N) is 3. The van der Waals surface area contributed by atoms with Gasteiger partial charge in [0.05, 0.1) is 23.7 Å². The Morgan fingerprint density at radius 2 is 2.12 bits per heavy atom. The molecule has 2 atom stereocenters. The molecule has 6 heteroatoms. The highest BCUT2D eigenvalue weighted by Crippen LogP contribution is 2.31. The Morgan fingerprint density at radius 3 is 2.81 bits per heavy atom. The highest BCUT2D eigenvalue weighted by molar-refractivity contribution is 5.96. The van der Waals surface area contributed by atoms with Crippen LogP contribution in [0.25, 0.3) is 0 Å². The molecule has 0 radical (unpaired) electrons. The average Bonchev–Trinajstić information content (AvgIpc) is 2.80. The number of aryl methyl sites for hydroxylation is 2. The van der Waals surface area contributed by atoms with Crippen LogP contribution in [0.4, 0.5) is 0 Å². The van der Waals surface area contributed by atoms with E-state index in [2.05, 4.69) is 4.98 Å². The van der Waals surface area contributed by atoms with Crippen LogP contribution in [0.5, 0.6) is 0 Å². The van der Waals surface area contributed by atoms with Gasteiger partial charge in [-0.1, -0.05) is 6.07 Å². The summed E-state index contributed by atoms with van der Waals surface area (Å²) in [6.07, 6.45) is 3.52. The number of fused-ring (bicyclic) bond motifs is 4. The van der Waals surface area contributed by atoms with E-state index in [4.69, 9.17) is 4.42 Å². The first-order chi connectivity index (χ1) is 12.5. The van der Waals surface area contributed by atoms with Crippen LogP contribution in [-0.4, -0.2) is 45.7 Å². The predicted molar refractivity (Wildman–Crippen MR) is 95.4 cm³/mol. The van der Waals surface area contributed by atoms with Gasteiger partial charge in [0.15, 0.2) is 0 Å². The molecule has 2 unspecified atom stereocenters. The lowest BCUT2D eigenvalue weighted by Crippen LogP contribution is -2.47. The molecule has 5 heterocycles. The lowest BCUT2D eigenvalue weighted by Gasteiger charge is -2.35. The van der Waals surface area contributed by atoms with Gasteiger partial charge in [0, 0.05) is 25.3 Å². The van der Waals surface area contributed by atoms with Gasteiger partial charge in [0.2, 0.25) is 5.91 Å². The third-order valence-electron chi connectivity index (χ3n) is 5.41. The first kappa shape index (κ1) is 16.8. The second-order valence-corrected chi connectivity index (χ2v) is 7.25. The molecule has 2 amide bonds. The molecule has 0 N–H and O–H groups in total. The average molecular weight is 353 g/mol. The molecular weight excluding hydrogens is 330 g/mol. The van der Waals surface area contributed by atoms with Crippen molar-refractivity contribution in [1.29, 1.82) is 0 Å². The van der Waals surface area contributed by atoms with Gasteiger partial charge >= 0.3 is 0 Å². The molecule has 136 valence electrons. The minimum absolute atomic E-state index is 0.0382. The van der Waals surface area contributed by atoms with E-state index in [0.717, 1.165) is 24.3 Å². The summed E-state index contributed by atoms with van der Waals surface area (Å²) < 4.78 is 5.52. The largest absolute Gasteiger partial charge is 0.466 e. The maximum atomic E-state index is 13.0. The summed E-state index contributed by atoms with van der Waals surface area (Å²) in [4.78, 5) is 34.0. The number of furan rings is 1. The van der Waals surface area contributed by atoms with Crippen molar-refractivity contribution in [3.05, 3.63) is 53.2 Å². The first-order valence-electron chi connectivity index (χ1n) is 9.09. The second-order valence-electron chi connectivity index (χ2n) is 7.25. The smallest absolute Gasteiger partial charge is 0.257 e. The van der Waals surface area contributed by atoms with E-state index in [1.807, 2.05) is 41.8 Å². The van der Waals surface area contributed by atoms with Gasteiger partial charge in [-0.15, -0.1) is 0 Å². The number of amides is 2. The summed E-state index contributed by atoms with van der Waals surface area (Å²) in [5.74, 6) is 1.35. The van der Waals surface area contributed by atoms with E-state index >= 15 is 0 Å². The molecule has 2 bridgehead atoms. The van der Waals surface area contributed by atoms with Gasteiger partial charge in [-0.05, 0) is 44.9 Å². The van der Waals surface area contributed by atoms with E-state index in [1.165, 1.54) is 0 Å². The number of hydrogen-bond donors (Lipinski definition) is 0. The molecule has 2 aromatic rings. The number of hydrogen-bond acceptors (Lipinski definition) is 4. The third-order valence-corrected chi connectivity index (χ3v) is 5.41. The fourth-order valence-electron chi connectivity index (χ4n) is 4.09. The number of piperidine rings is 1. The minimum Gasteiger partial charge on any atom is -0.466 e. The lowest BCUT2D eigenvalue weighted by atomic mass is 9.94. The standard InChI is InChI=1S/C20H23N3O3/c1-13-9-18(14(2)26-13)20(25)22-10-15-6-7-17(12-22)23(19(15)24)11-16-5-3-4-8-21-16/h3-5,8-9,15,17H,6-7,10-12H2,1-2H3. The molecular formula is C20H23N3O3. The van der Waals surface area contributed by atoms with E-state index in [0.29, 0.717) is 31.0 Å². The summed E-state index contributed by atoms with van der Waals surface area (Å²) >= 11 is 0. The molecule has 3 aliphatic heterocycles. The molecule has 3 fully saturated rings. The van der Waals surface area contributed by atoms with Gasteiger partial charge in [0.25, 0.3) is 5.91 Å². The van der Waals surface area contributed by atoms with Crippen LogP contribution < -0.4 is 0 Å². The number of aromatic nitrogens is 1. The van der Waals surface area contributed by atoms with Gasteiger partial charge in [-0.25, -0.2) is 0 Å². The Kier molecular flexibility index (Phi) is 4.26. The van der Waals surface area contributed by atoms with Crippen molar-refractivity contribution in [1.82, 2.24) is 14.8 Å². The van der Waals surface area contributed by atoms with Crippen LogP contribution in [0.3, 0.4) is 0 Å². The topological polar surface area (TPSA) is 66.7 Å². The fourth-order valence-corrected chi connectivity index (χ4v) is 4.09. The Bertz CT molecular complexity index is 830. The van der Waals surface area contributed by atoms with E-state index in [9.17, 15) is 9.59 Å². The quantitative estimate of drug-likeness (QED) is 0.850. The minimum atomic E-state index is -0.130. The summed E-state index contributed by atoms with van der Waals surface area (Å²) in [7, 11) is 0. The van der Waals surface area contributed by atoms with Crippen LogP contribution in [0, 0.1) is 19.8 Å². The Hall–Kier alpha value is -2.63. The zero-order valence-electron chi connectivity index (χ0n) is 15.1. The first-order valence-corrected chi connectivity index (χ1v) is 9.09. The third kappa shape index (κ3) is 3.00. The van der Waals surface area contributed by atoms with Gasteiger partial charge in [-0.2, -0.15) is 0 Å². The summed E-state index contributed by atoms with van der Waals surface area (Å²) in [6.45, 7) is 5.21. The summed E-state index contributed by atoms with van der Waals surface area (Å²) in [5.41, 5.74) is 1.49. The molecule has 6 nitrogen and oxygen atoms in total. The lowest BCUT2D eigenvalue weighted by molar-refractivity contribution is -0.140. The Balaban J connectivity index is 1.57. The molecule has 26 heavy (non-hydrogen) atoms. The van der Waals surface area contributed by atoms with Crippen molar-refractivity contribution in [3.63, 3.8) is 0 Å². The number of rotatable bonds is 3. The van der Waals surface area contributed by atoms with Crippen molar-refractivity contribution in [2.45, 2.75) is 39.3 Å². The molecule has 3 saturated heterocycles. The molecule has 0 saturated carbocycles. The highest BCUT2D eigenvalue weighted by atomic mass is 16.3. The van der Waals surface area contributed by atoms with Crippen LogP contribution >= 0.6 is 0 Å². The Labute approximate surface area is 152 Å². The maximum Gasteiger partial charge on any atom is 0.257 e. The predicted octanol–water partition coefficient (Wildman–Crippen LogP) is 2.55. The monoisotopic (exact) mass is 353 g/mol. The Morgan fingerprint density at radius 1 is 1.27 bits per heavy atom. The van der Waals surface area contributed by atoms with E-state index < -0.39 is 0 Å². The van der Waals surface area contributed by atoms with Crippen molar-refractivity contribution in [2.75, 3.05) is 13.1 Å². The van der Waals surface area contributed by atoms with Crippen molar-refractivity contribution >= 4 is 11.8 Å². The normalized spacial score (nSPS) is 22.6. The molecule has 0 spiro atoms. The molecule has 3 aliphatic rings. The van der Waals surface area contributed by atoms with Crippen LogP contribution in [0.2, 0.25) is 0 Å². The van der Waals surface area contributed by atoms with E-state index in [1.54, 1.807) is 12.3 Å². The maximum absolute atomic E-state index is 13.0. The molecule has 2 aromatic heterocycles. The van der Waals surface area contributed by atoms with Gasteiger partial charge in [-0.3, -0.25) is 14.6 Å². The summed E-state index contributed by atoms with van der Waals surface area (Å²) in [5, 5.41) is 0. The van der Waals surface area contributed by atoms with Crippen LogP contribution in [-0.2, 0) is 11.3 Å². The highest BCUT2D eigenvalue weighted by Gasteiger charge is 2.42.